The Morgan fingerprint density at radius 2 is 1.62 bits per heavy atom. The summed E-state index contributed by atoms with van der Waals surface area (Å²) in [5.74, 6) is 2.00. The van der Waals surface area contributed by atoms with Crippen LogP contribution in [0.3, 0.4) is 0 Å². The fraction of sp³-hybridized carbons (Fsp3) is 0.833. The van der Waals surface area contributed by atoms with E-state index < -0.39 is 0 Å². The molecule has 0 saturated carbocycles. The Morgan fingerprint density at radius 3 is 1.88 bits per heavy atom. The number of halogens is 1. The van der Waals surface area contributed by atoms with Crippen LogP contribution in [0, 0.1) is 0 Å². The van der Waals surface area contributed by atoms with E-state index in [-0.39, 0.29) is 11.0 Å². The highest BCUT2D eigenvalue weighted by Gasteiger charge is 2.27. The first-order valence-corrected chi connectivity index (χ1v) is 6.90. The van der Waals surface area contributed by atoms with Crippen molar-refractivity contribution >= 4 is 22.6 Å². The van der Waals surface area contributed by atoms with Gasteiger partial charge in [-0.15, -0.1) is 0 Å². The van der Waals surface area contributed by atoms with Gasteiger partial charge in [0.2, 0.25) is 0 Å². The van der Waals surface area contributed by atoms with Crippen molar-refractivity contribution in [2.75, 3.05) is 0 Å². The molecule has 0 radical (unpaired) electrons. The summed E-state index contributed by atoms with van der Waals surface area (Å²) in [4.78, 5) is 4.69. The Hall–Kier alpha value is -0.130. The number of hydrogen-bond donors (Lipinski definition) is 0. The second-order valence-corrected chi connectivity index (χ2v) is 8.11. The standard InChI is InChI=1S/C12H22IN3/c1-8(13)9-14-10(11(2,3)4)15-16(9)12(5,6)7/h8H,1-7H3. The van der Waals surface area contributed by atoms with Crippen molar-refractivity contribution in [1.29, 1.82) is 0 Å². The van der Waals surface area contributed by atoms with Crippen LogP contribution in [0.5, 0.6) is 0 Å². The average molecular weight is 335 g/mol. The van der Waals surface area contributed by atoms with Crippen LogP contribution < -0.4 is 0 Å². The first-order chi connectivity index (χ1) is 7.03. The van der Waals surface area contributed by atoms with Gasteiger partial charge < -0.3 is 0 Å². The highest BCUT2D eigenvalue weighted by Crippen LogP contribution is 2.28. The fourth-order valence-electron chi connectivity index (χ4n) is 1.39. The van der Waals surface area contributed by atoms with Gasteiger partial charge in [0, 0.05) is 5.41 Å². The molecule has 1 aromatic heterocycles. The molecule has 0 saturated heterocycles. The summed E-state index contributed by atoms with van der Waals surface area (Å²) in [7, 11) is 0. The quantitative estimate of drug-likeness (QED) is 0.577. The second kappa shape index (κ2) is 4.27. The molecule has 0 N–H and O–H groups in total. The minimum atomic E-state index is -0.00867. The molecule has 0 fully saturated rings. The van der Waals surface area contributed by atoms with Gasteiger partial charge in [-0.05, 0) is 27.7 Å². The van der Waals surface area contributed by atoms with Crippen LogP contribution in [0.2, 0.25) is 0 Å². The summed E-state index contributed by atoms with van der Waals surface area (Å²) >= 11 is 2.39. The second-order valence-electron chi connectivity index (χ2n) is 6.24. The van der Waals surface area contributed by atoms with Crippen LogP contribution in [-0.2, 0) is 11.0 Å². The Morgan fingerprint density at radius 1 is 1.12 bits per heavy atom. The van der Waals surface area contributed by atoms with Crippen LogP contribution >= 0.6 is 22.6 Å². The maximum atomic E-state index is 4.69. The molecule has 1 aromatic rings. The smallest absolute Gasteiger partial charge is 0.156 e. The van der Waals surface area contributed by atoms with Crippen molar-refractivity contribution in [2.45, 2.75) is 63.3 Å². The third kappa shape index (κ3) is 2.96. The molecule has 0 aliphatic rings. The van der Waals surface area contributed by atoms with Gasteiger partial charge in [-0.1, -0.05) is 43.4 Å². The van der Waals surface area contributed by atoms with Crippen LogP contribution in [0.4, 0.5) is 0 Å². The zero-order valence-electron chi connectivity index (χ0n) is 11.3. The van der Waals surface area contributed by atoms with E-state index in [9.17, 15) is 0 Å². The molecule has 0 amide bonds. The third-order valence-electron chi connectivity index (χ3n) is 2.29. The molecule has 1 atom stereocenters. The summed E-state index contributed by atoms with van der Waals surface area (Å²) < 4.78 is 2.44. The number of alkyl halides is 1. The molecule has 1 heterocycles. The van der Waals surface area contributed by atoms with Gasteiger partial charge in [0.05, 0.1) is 9.46 Å². The molecule has 1 rings (SSSR count). The minimum Gasteiger partial charge on any atom is -0.243 e. The van der Waals surface area contributed by atoms with E-state index in [2.05, 4.69) is 80.8 Å². The van der Waals surface area contributed by atoms with Gasteiger partial charge in [-0.2, -0.15) is 5.10 Å². The van der Waals surface area contributed by atoms with Crippen LogP contribution in [0.15, 0.2) is 0 Å². The molecule has 92 valence electrons. The molecule has 16 heavy (non-hydrogen) atoms. The summed E-state index contributed by atoms with van der Waals surface area (Å²) in [5.41, 5.74) is 0.00203. The van der Waals surface area contributed by atoms with Crippen LogP contribution in [0.1, 0.15) is 64.0 Å². The van der Waals surface area contributed by atoms with Crippen molar-refractivity contribution in [2.24, 2.45) is 0 Å². The lowest BCUT2D eigenvalue weighted by atomic mass is 9.96. The maximum absolute atomic E-state index is 4.69. The summed E-state index contributed by atoms with van der Waals surface area (Å²) in [6, 6.07) is 0. The molecule has 0 aliphatic carbocycles. The normalized spacial score (nSPS) is 15.2. The largest absolute Gasteiger partial charge is 0.243 e. The fourth-order valence-corrected chi connectivity index (χ4v) is 1.80. The molecular weight excluding hydrogens is 313 g/mol. The summed E-state index contributed by atoms with van der Waals surface area (Å²) in [5, 5.41) is 4.67. The van der Waals surface area contributed by atoms with Crippen LogP contribution in [0.25, 0.3) is 0 Å². The van der Waals surface area contributed by atoms with Crippen molar-refractivity contribution in [1.82, 2.24) is 14.8 Å². The van der Waals surface area contributed by atoms with E-state index in [0.29, 0.717) is 3.92 Å². The predicted octanol–water partition coefficient (Wildman–Crippen LogP) is 3.83. The number of rotatable bonds is 1. The molecule has 0 bridgehead atoms. The van der Waals surface area contributed by atoms with Gasteiger partial charge >= 0.3 is 0 Å². The lowest BCUT2D eigenvalue weighted by molar-refractivity contribution is 0.337. The zero-order valence-corrected chi connectivity index (χ0v) is 13.5. The first kappa shape index (κ1) is 13.9. The molecular formula is C12H22IN3. The Labute approximate surface area is 112 Å². The van der Waals surface area contributed by atoms with Gasteiger partial charge in [0.25, 0.3) is 0 Å². The highest BCUT2D eigenvalue weighted by molar-refractivity contribution is 14.1. The number of nitrogens with zero attached hydrogens (tertiary/aromatic N) is 3. The monoisotopic (exact) mass is 335 g/mol. The van der Waals surface area contributed by atoms with Crippen molar-refractivity contribution in [3.63, 3.8) is 0 Å². The zero-order chi connectivity index (χ0) is 12.7. The third-order valence-corrected chi connectivity index (χ3v) is 2.85. The van der Waals surface area contributed by atoms with Gasteiger partial charge in [0.1, 0.15) is 5.82 Å². The maximum Gasteiger partial charge on any atom is 0.156 e. The van der Waals surface area contributed by atoms with E-state index in [1.165, 1.54) is 0 Å². The van der Waals surface area contributed by atoms with Gasteiger partial charge in [-0.25, -0.2) is 9.67 Å². The summed E-state index contributed by atoms with van der Waals surface area (Å²) in [6.45, 7) is 15.1. The molecule has 0 aromatic carbocycles. The van der Waals surface area contributed by atoms with E-state index in [0.717, 1.165) is 11.6 Å². The lowest BCUT2D eigenvalue weighted by Gasteiger charge is -2.22. The number of hydrogen-bond acceptors (Lipinski definition) is 2. The van der Waals surface area contributed by atoms with Gasteiger partial charge in [0.15, 0.2) is 5.82 Å². The van der Waals surface area contributed by atoms with E-state index in [1.54, 1.807) is 0 Å². The van der Waals surface area contributed by atoms with Crippen molar-refractivity contribution in [3.05, 3.63) is 11.6 Å². The van der Waals surface area contributed by atoms with Crippen molar-refractivity contribution in [3.8, 4) is 0 Å². The van der Waals surface area contributed by atoms with E-state index >= 15 is 0 Å². The van der Waals surface area contributed by atoms with Crippen LogP contribution in [-0.4, -0.2) is 14.8 Å². The minimum absolute atomic E-state index is 0.00867. The Bertz CT molecular complexity index is 367. The number of aromatic nitrogens is 3. The average Bonchev–Trinajstić information content (AvgIpc) is 2.44. The predicted molar refractivity (Wildman–Crippen MR) is 76.2 cm³/mol. The molecule has 3 nitrogen and oxygen atoms in total. The topological polar surface area (TPSA) is 30.7 Å². The molecule has 0 aliphatic heterocycles. The molecule has 0 spiro atoms. The Kier molecular flexibility index (Phi) is 3.72. The van der Waals surface area contributed by atoms with Crippen molar-refractivity contribution < 1.29 is 0 Å². The lowest BCUT2D eigenvalue weighted by Crippen LogP contribution is -2.26. The molecule has 1 unspecified atom stereocenters. The van der Waals surface area contributed by atoms with E-state index in [1.807, 2.05) is 0 Å². The summed E-state index contributed by atoms with van der Waals surface area (Å²) in [6.07, 6.45) is 0. The highest BCUT2D eigenvalue weighted by atomic mass is 127. The van der Waals surface area contributed by atoms with E-state index in [4.69, 9.17) is 4.98 Å². The molecule has 4 heteroatoms. The first-order valence-electron chi connectivity index (χ1n) is 5.65. The SMILES string of the molecule is CC(I)c1nc(C(C)(C)C)nn1C(C)(C)C. The van der Waals surface area contributed by atoms with Gasteiger partial charge in [-0.3, -0.25) is 0 Å². The Balaban J connectivity index is 3.32.